The molecule has 11 nitrogen and oxygen atoms in total. The molecule has 0 spiro atoms. The first-order valence-electron chi connectivity index (χ1n) is 13.0. The Hall–Kier alpha value is -4.45. The lowest BCUT2D eigenvalue weighted by Crippen LogP contribution is -2.52. The monoisotopic (exact) mass is 544 g/mol. The first kappa shape index (κ1) is 25.8. The third kappa shape index (κ3) is 4.43. The Labute approximate surface area is 229 Å². The van der Waals surface area contributed by atoms with Gasteiger partial charge >= 0.3 is 11.7 Å². The van der Waals surface area contributed by atoms with Crippen LogP contribution in [0.4, 0.5) is 11.4 Å². The highest BCUT2D eigenvalue weighted by Crippen LogP contribution is 2.48. The Kier molecular flexibility index (Phi) is 6.84. The third-order valence-corrected chi connectivity index (χ3v) is 7.31. The SMILES string of the molecule is CCOC1N(C2COOC2)c2cccc(C(=O)O)c2N1C(C)c1ccc(-c2ccccc2-c2noc(=O)[nH]2)cc1. The molecule has 1 aromatic heterocycles. The van der Waals surface area contributed by atoms with Crippen LogP contribution in [0.1, 0.15) is 35.8 Å². The number of H-pyrrole nitrogens is 1. The van der Waals surface area contributed by atoms with E-state index in [0.717, 1.165) is 27.9 Å². The molecule has 1 fully saturated rings. The lowest BCUT2D eigenvalue weighted by atomic mass is 9.96. The predicted molar refractivity (Wildman–Crippen MR) is 146 cm³/mol. The van der Waals surface area contributed by atoms with E-state index >= 15 is 0 Å². The molecule has 2 aliphatic heterocycles. The van der Waals surface area contributed by atoms with E-state index in [1.54, 1.807) is 12.1 Å². The van der Waals surface area contributed by atoms with Crippen molar-refractivity contribution in [2.24, 2.45) is 0 Å². The number of hydrogen-bond acceptors (Lipinski definition) is 9. The largest absolute Gasteiger partial charge is 0.478 e. The minimum Gasteiger partial charge on any atom is -0.478 e. The summed E-state index contributed by atoms with van der Waals surface area (Å²) in [5.74, 6) is -1.27. The Morgan fingerprint density at radius 3 is 2.45 bits per heavy atom. The van der Waals surface area contributed by atoms with Crippen LogP contribution >= 0.6 is 0 Å². The van der Waals surface area contributed by atoms with Gasteiger partial charge in [-0.05, 0) is 42.7 Å². The second-order valence-electron chi connectivity index (χ2n) is 9.58. The summed E-state index contributed by atoms with van der Waals surface area (Å²) in [7, 11) is 0. The lowest BCUT2D eigenvalue weighted by molar-refractivity contribution is -0.248. The summed E-state index contributed by atoms with van der Waals surface area (Å²) < 4.78 is 11.0. The Balaban J connectivity index is 1.39. The molecule has 0 bridgehead atoms. The number of fused-ring (bicyclic) bond motifs is 1. The van der Waals surface area contributed by atoms with Crippen molar-refractivity contribution in [3.63, 3.8) is 0 Å². The molecular weight excluding hydrogens is 516 g/mol. The fraction of sp³-hybridized carbons (Fsp3) is 0.276. The maximum Gasteiger partial charge on any atom is 0.439 e. The van der Waals surface area contributed by atoms with Crippen molar-refractivity contribution >= 4 is 17.3 Å². The molecule has 11 heteroatoms. The first-order valence-corrected chi connectivity index (χ1v) is 13.0. The van der Waals surface area contributed by atoms with E-state index in [0.29, 0.717) is 31.3 Å². The van der Waals surface area contributed by atoms with Gasteiger partial charge in [0.05, 0.1) is 29.0 Å². The number of para-hydroxylation sites is 1. The zero-order valence-corrected chi connectivity index (χ0v) is 21.9. The van der Waals surface area contributed by atoms with E-state index in [4.69, 9.17) is 19.0 Å². The van der Waals surface area contributed by atoms with E-state index in [1.165, 1.54) is 0 Å². The Bertz CT molecular complexity index is 1580. The number of carboxylic acids is 1. The summed E-state index contributed by atoms with van der Waals surface area (Å²) in [6.45, 7) is 5.05. The average molecular weight is 545 g/mol. The van der Waals surface area contributed by atoms with E-state index < -0.39 is 18.1 Å². The number of nitrogens with zero attached hydrogens (tertiary/aromatic N) is 3. The fourth-order valence-corrected chi connectivity index (χ4v) is 5.47. The van der Waals surface area contributed by atoms with Crippen molar-refractivity contribution in [2.75, 3.05) is 29.6 Å². The van der Waals surface area contributed by atoms with Crippen molar-refractivity contribution in [3.8, 4) is 22.5 Å². The number of carbonyl (C=O) groups is 1. The number of ether oxygens (including phenoxy) is 1. The van der Waals surface area contributed by atoms with Crippen molar-refractivity contribution in [1.29, 1.82) is 0 Å². The van der Waals surface area contributed by atoms with Crippen LogP contribution in [0.25, 0.3) is 22.5 Å². The quantitative estimate of drug-likeness (QED) is 0.307. The van der Waals surface area contributed by atoms with Crippen LogP contribution in [0.5, 0.6) is 0 Å². The highest BCUT2D eigenvalue weighted by Gasteiger charge is 2.46. The van der Waals surface area contributed by atoms with Gasteiger partial charge in [0.15, 0.2) is 5.82 Å². The number of benzene rings is 3. The Morgan fingerprint density at radius 1 is 1.07 bits per heavy atom. The van der Waals surface area contributed by atoms with Crippen LogP contribution in [-0.4, -0.2) is 53.4 Å². The standard InChI is InChI=1S/C29H28N4O7/c1-3-37-29-32(25-23(27(34)35)9-6-10-24(25)33(29)20-15-38-39-16-20)17(2)18-11-13-19(14-12-18)21-7-4-5-8-22(21)26-30-28(36)40-31-26/h4-14,17,20,29H,3,15-16H2,1-2H3,(H,34,35)(H,30,31,36). The highest BCUT2D eigenvalue weighted by atomic mass is 17.2. The smallest absolute Gasteiger partial charge is 0.439 e. The molecule has 40 heavy (non-hydrogen) atoms. The van der Waals surface area contributed by atoms with Crippen molar-refractivity contribution < 1.29 is 28.9 Å². The zero-order valence-electron chi connectivity index (χ0n) is 21.9. The van der Waals surface area contributed by atoms with Gasteiger partial charge in [-0.3, -0.25) is 9.51 Å². The molecule has 6 rings (SSSR count). The van der Waals surface area contributed by atoms with Crippen LogP contribution in [0.2, 0.25) is 0 Å². The first-order chi connectivity index (χ1) is 19.5. The number of anilines is 2. The third-order valence-electron chi connectivity index (χ3n) is 7.31. The number of carboxylic acid groups (broad SMARTS) is 1. The lowest BCUT2D eigenvalue weighted by Gasteiger charge is -2.38. The van der Waals surface area contributed by atoms with Crippen molar-refractivity contribution in [3.05, 3.63) is 88.4 Å². The van der Waals surface area contributed by atoms with Gasteiger partial charge in [-0.2, -0.15) is 0 Å². The van der Waals surface area contributed by atoms with Crippen LogP contribution in [0, 0.1) is 0 Å². The predicted octanol–water partition coefficient (Wildman–Crippen LogP) is 4.43. The minimum absolute atomic E-state index is 0.140. The van der Waals surface area contributed by atoms with E-state index in [1.807, 2.05) is 73.3 Å². The molecule has 3 heterocycles. The summed E-state index contributed by atoms with van der Waals surface area (Å²) in [5, 5.41) is 13.9. The molecule has 4 aromatic rings. The molecule has 0 aliphatic carbocycles. The molecule has 0 radical (unpaired) electrons. The minimum atomic E-state index is -1.01. The molecule has 206 valence electrons. The van der Waals surface area contributed by atoms with Gasteiger partial charge in [0, 0.05) is 12.2 Å². The van der Waals surface area contributed by atoms with Gasteiger partial charge in [0.2, 0.25) is 6.35 Å². The van der Waals surface area contributed by atoms with E-state index in [9.17, 15) is 14.7 Å². The van der Waals surface area contributed by atoms with E-state index in [-0.39, 0.29) is 17.6 Å². The van der Waals surface area contributed by atoms with Gasteiger partial charge in [0.25, 0.3) is 0 Å². The highest BCUT2D eigenvalue weighted by molar-refractivity contribution is 6.00. The second-order valence-corrected chi connectivity index (χ2v) is 9.58. The van der Waals surface area contributed by atoms with Crippen LogP contribution < -0.4 is 15.6 Å². The molecular formula is C29H28N4O7. The molecule has 1 saturated heterocycles. The summed E-state index contributed by atoms with van der Waals surface area (Å²) in [6, 6.07) is 20.5. The van der Waals surface area contributed by atoms with Gasteiger partial charge in [0.1, 0.15) is 13.2 Å². The summed E-state index contributed by atoms with van der Waals surface area (Å²) >= 11 is 0. The van der Waals surface area contributed by atoms with Gasteiger partial charge in [-0.15, -0.1) is 0 Å². The number of aromatic carboxylic acids is 1. The zero-order chi connectivity index (χ0) is 27.8. The number of hydrogen-bond donors (Lipinski definition) is 2. The van der Waals surface area contributed by atoms with E-state index in [2.05, 4.69) is 15.0 Å². The summed E-state index contributed by atoms with van der Waals surface area (Å²) in [5.41, 5.74) is 5.06. The molecule has 2 N–H and O–H groups in total. The summed E-state index contributed by atoms with van der Waals surface area (Å²) in [6.07, 6.45) is -0.560. The average Bonchev–Trinajstić information content (AvgIpc) is 3.72. The van der Waals surface area contributed by atoms with Crippen LogP contribution in [0.3, 0.4) is 0 Å². The normalized spacial score (nSPS) is 17.8. The molecule has 2 aliphatic rings. The van der Waals surface area contributed by atoms with Crippen LogP contribution in [0.15, 0.2) is 76.0 Å². The molecule has 3 aromatic carbocycles. The molecule has 0 saturated carbocycles. The van der Waals surface area contributed by atoms with Gasteiger partial charge in [-0.25, -0.2) is 19.4 Å². The maximum absolute atomic E-state index is 12.3. The van der Waals surface area contributed by atoms with Gasteiger partial charge < -0.3 is 19.6 Å². The molecule has 2 unspecified atom stereocenters. The topological polar surface area (TPSA) is 130 Å². The number of nitrogens with one attached hydrogen (secondary N) is 1. The number of aromatic amines is 1. The van der Waals surface area contributed by atoms with Crippen LogP contribution in [-0.2, 0) is 14.5 Å². The van der Waals surface area contributed by atoms with Crippen molar-refractivity contribution in [1.82, 2.24) is 10.1 Å². The van der Waals surface area contributed by atoms with Crippen molar-refractivity contribution in [2.45, 2.75) is 32.3 Å². The maximum atomic E-state index is 12.3. The molecule has 2 atom stereocenters. The molecule has 0 amide bonds. The Morgan fingerprint density at radius 2 is 1.80 bits per heavy atom. The second kappa shape index (κ2) is 10.6. The summed E-state index contributed by atoms with van der Waals surface area (Å²) in [4.78, 5) is 41.0. The fourth-order valence-electron chi connectivity index (χ4n) is 5.47. The number of aromatic nitrogens is 2. The number of rotatable bonds is 8. The van der Waals surface area contributed by atoms with Gasteiger partial charge in [-0.1, -0.05) is 59.8 Å².